The third kappa shape index (κ3) is 4.30. The van der Waals surface area contributed by atoms with Gasteiger partial charge in [-0.2, -0.15) is 0 Å². The standard InChI is InChI=1S/C15H21N5OS/c1-4-12(13-8-6-5-7-9-13)10-16-14(21)11(2)22-15-17-18-19-20(15)3/h5-9,11-12H,4,10H2,1-3H3,(H,16,21)/t11-,12-/m0/s1. The van der Waals surface area contributed by atoms with Gasteiger partial charge in [-0.3, -0.25) is 4.79 Å². The number of hydrogen-bond donors (Lipinski definition) is 1. The van der Waals surface area contributed by atoms with Gasteiger partial charge in [0.15, 0.2) is 0 Å². The van der Waals surface area contributed by atoms with Crippen LogP contribution in [0.15, 0.2) is 35.5 Å². The topological polar surface area (TPSA) is 72.7 Å². The fourth-order valence-electron chi connectivity index (χ4n) is 2.12. The second-order valence-electron chi connectivity index (χ2n) is 5.11. The number of rotatable bonds is 7. The summed E-state index contributed by atoms with van der Waals surface area (Å²) in [5.41, 5.74) is 1.25. The van der Waals surface area contributed by atoms with E-state index in [0.717, 1.165) is 6.42 Å². The average molecular weight is 319 g/mol. The van der Waals surface area contributed by atoms with Crippen LogP contribution >= 0.6 is 11.8 Å². The van der Waals surface area contributed by atoms with Gasteiger partial charge in [-0.05, 0) is 29.3 Å². The molecule has 2 atom stereocenters. The third-order valence-corrected chi connectivity index (χ3v) is 4.64. The minimum Gasteiger partial charge on any atom is -0.355 e. The molecule has 0 bridgehead atoms. The Labute approximate surface area is 134 Å². The van der Waals surface area contributed by atoms with Crippen molar-refractivity contribution in [3.8, 4) is 0 Å². The van der Waals surface area contributed by atoms with Gasteiger partial charge in [-0.15, -0.1) is 5.10 Å². The number of amides is 1. The summed E-state index contributed by atoms with van der Waals surface area (Å²) < 4.78 is 1.56. The van der Waals surface area contributed by atoms with E-state index >= 15 is 0 Å². The van der Waals surface area contributed by atoms with Crippen LogP contribution in [0.4, 0.5) is 0 Å². The predicted octanol–water partition coefficient (Wildman–Crippen LogP) is 2.00. The summed E-state index contributed by atoms with van der Waals surface area (Å²) in [7, 11) is 1.76. The van der Waals surface area contributed by atoms with E-state index in [-0.39, 0.29) is 11.2 Å². The quantitative estimate of drug-likeness (QED) is 0.790. The molecule has 0 saturated heterocycles. The van der Waals surface area contributed by atoms with Crippen LogP contribution < -0.4 is 5.32 Å². The van der Waals surface area contributed by atoms with Crippen LogP contribution in [0.5, 0.6) is 0 Å². The van der Waals surface area contributed by atoms with Gasteiger partial charge in [0.1, 0.15) is 0 Å². The van der Waals surface area contributed by atoms with Gasteiger partial charge in [-0.25, -0.2) is 4.68 Å². The Bertz CT molecular complexity index is 601. The molecule has 1 aromatic carbocycles. The summed E-state index contributed by atoms with van der Waals surface area (Å²) in [6.45, 7) is 4.63. The van der Waals surface area contributed by atoms with E-state index < -0.39 is 0 Å². The van der Waals surface area contributed by atoms with Crippen LogP contribution in [0.3, 0.4) is 0 Å². The molecule has 0 aliphatic heterocycles. The molecule has 0 aliphatic rings. The van der Waals surface area contributed by atoms with Crippen molar-refractivity contribution in [3.05, 3.63) is 35.9 Å². The maximum Gasteiger partial charge on any atom is 0.233 e. The zero-order valence-corrected chi connectivity index (χ0v) is 13.9. The van der Waals surface area contributed by atoms with Crippen molar-refractivity contribution < 1.29 is 4.79 Å². The molecule has 1 N–H and O–H groups in total. The minimum absolute atomic E-state index is 0.00220. The lowest BCUT2D eigenvalue weighted by Gasteiger charge is -2.18. The maximum atomic E-state index is 12.2. The molecule has 0 aliphatic carbocycles. The first-order valence-corrected chi connectivity index (χ1v) is 8.21. The van der Waals surface area contributed by atoms with Crippen LogP contribution in [-0.4, -0.2) is 37.9 Å². The van der Waals surface area contributed by atoms with Gasteiger partial charge >= 0.3 is 0 Å². The molecule has 7 heteroatoms. The number of thioether (sulfide) groups is 1. The van der Waals surface area contributed by atoms with Crippen molar-refractivity contribution in [2.75, 3.05) is 6.54 Å². The van der Waals surface area contributed by atoms with E-state index in [2.05, 4.69) is 39.9 Å². The van der Waals surface area contributed by atoms with E-state index in [1.165, 1.54) is 17.3 Å². The lowest BCUT2D eigenvalue weighted by Crippen LogP contribution is -2.34. The number of carbonyl (C=O) groups is 1. The lowest BCUT2D eigenvalue weighted by atomic mass is 9.96. The van der Waals surface area contributed by atoms with Crippen molar-refractivity contribution in [2.24, 2.45) is 7.05 Å². The highest BCUT2D eigenvalue weighted by molar-refractivity contribution is 8.00. The zero-order chi connectivity index (χ0) is 15.9. The molecule has 1 heterocycles. The smallest absolute Gasteiger partial charge is 0.233 e. The van der Waals surface area contributed by atoms with Crippen molar-refractivity contribution >= 4 is 17.7 Å². The summed E-state index contributed by atoms with van der Waals surface area (Å²) in [6, 6.07) is 10.3. The summed E-state index contributed by atoms with van der Waals surface area (Å²) in [5.74, 6) is 0.334. The fourth-order valence-corrected chi connectivity index (χ4v) is 2.90. The molecule has 2 rings (SSSR count). The summed E-state index contributed by atoms with van der Waals surface area (Å²) in [5, 5.41) is 14.6. The molecule has 22 heavy (non-hydrogen) atoms. The maximum absolute atomic E-state index is 12.2. The number of aromatic nitrogens is 4. The van der Waals surface area contributed by atoms with Crippen molar-refractivity contribution in [2.45, 2.75) is 36.6 Å². The molecular formula is C15H21N5OS. The van der Waals surface area contributed by atoms with Gasteiger partial charge in [0.25, 0.3) is 0 Å². The van der Waals surface area contributed by atoms with Crippen LogP contribution in [0.25, 0.3) is 0 Å². The largest absolute Gasteiger partial charge is 0.355 e. The Morgan fingerprint density at radius 1 is 1.36 bits per heavy atom. The predicted molar refractivity (Wildman–Crippen MR) is 86.6 cm³/mol. The van der Waals surface area contributed by atoms with Crippen molar-refractivity contribution in [3.63, 3.8) is 0 Å². The van der Waals surface area contributed by atoms with Crippen LogP contribution in [0.2, 0.25) is 0 Å². The van der Waals surface area contributed by atoms with Crippen molar-refractivity contribution in [1.82, 2.24) is 25.5 Å². The molecule has 1 amide bonds. The van der Waals surface area contributed by atoms with Crippen molar-refractivity contribution in [1.29, 1.82) is 0 Å². The number of carbonyl (C=O) groups excluding carboxylic acids is 1. The number of tetrazole rings is 1. The normalized spacial score (nSPS) is 13.6. The van der Waals surface area contributed by atoms with Crippen LogP contribution in [0.1, 0.15) is 31.7 Å². The summed E-state index contributed by atoms with van der Waals surface area (Å²) >= 11 is 1.35. The minimum atomic E-state index is -0.238. The van der Waals surface area contributed by atoms with E-state index in [4.69, 9.17) is 0 Å². The second kappa shape index (κ2) is 7.93. The second-order valence-corrected chi connectivity index (χ2v) is 6.41. The van der Waals surface area contributed by atoms with Gasteiger partial charge < -0.3 is 5.32 Å². The first kappa shape index (κ1) is 16.5. The molecular weight excluding hydrogens is 298 g/mol. The van der Waals surface area contributed by atoms with Gasteiger partial charge in [0, 0.05) is 19.5 Å². The van der Waals surface area contributed by atoms with E-state index in [0.29, 0.717) is 17.6 Å². The van der Waals surface area contributed by atoms with E-state index in [1.807, 2.05) is 25.1 Å². The molecule has 6 nitrogen and oxygen atoms in total. The molecule has 0 unspecified atom stereocenters. The Morgan fingerprint density at radius 3 is 2.68 bits per heavy atom. The van der Waals surface area contributed by atoms with Gasteiger partial charge in [0.2, 0.25) is 11.1 Å². The number of aryl methyl sites for hydroxylation is 1. The zero-order valence-electron chi connectivity index (χ0n) is 13.1. The highest BCUT2D eigenvalue weighted by Gasteiger charge is 2.18. The Morgan fingerprint density at radius 2 is 2.09 bits per heavy atom. The molecule has 0 fully saturated rings. The summed E-state index contributed by atoms with van der Waals surface area (Å²) in [4.78, 5) is 12.2. The number of nitrogens with one attached hydrogen (secondary N) is 1. The number of nitrogens with zero attached hydrogens (tertiary/aromatic N) is 4. The molecule has 0 spiro atoms. The summed E-state index contributed by atoms with van der Waals surface area (Å²) in [6.07, 6.45) is 0.985. The molecule has 0 radical (unpaired) electrons. The Hall–Kier alpha value is -1.89. The fraction of sp³-hybridized carbons (Fsp3) is 0.467. The first-order valence-electron chi connectivity index (χ1n) is 7.33. The molecule has 0 saturated carbocycles. The third-order valence-electron chi connectivity index (χ3n) is 3.52. The first-order chi connectivity index (χ1) is 10.6. The molecule has 2 aromatic rings. The SMILES string of the molecule is CC[C@@H](CNC(=O)[C@H](C)Sc1nnnn1C)c1ccccc1. The monoisotopic (exact) mass is 319 g/mol. The average Bonchev–Trinajstić information content (AvgIpc) is 2.94. The van der Waals surface area contributed by atoms with E-state index in [1.54, 1.807) is 11.7 Å². The molecule has 118 valence electrons. The van der Waals surface area contributed by atoms with Crippen LogP contribution in [0, 0.1) is 0 Å². The highest BCUT2D eigenvalue weighted by atomic mass is 32.2. The number of hydrogen-bond acceptors (Lipinski definition) is 5. The number of benzene rings is 1. The highest BCUT2D eigenvalue weighted by Crippen LogP contribution is 2.21. The van der Waals surface area contributed by atoms with Crippen LogP contribution in [-0.2, 0) is 11.8 Å². The lowest BCUT2D eigenvalue weighted by molar-refractivity contribution is -0.120. The van der Waals surface area contributed by atoms with Gasteiger partial charge in [0.05, 0.1) is 5.25 Å². The molecule has 1 aromatic heterocycles. The van der Waals surface area contributed by atoms with Gasteiger partial charge in [-0.1, -0.05) is 49.0 Å². The Balaban J connectivity index is 1.87. The van der Waals surface area contributed by atoms with E-state index in [9.17, 15) is 4.79 Å². The Kier molecular flexibility index (Phi) is 5.94.